The fourth-order valence-electron chi connectivity index (χ4n) is 4.80. The highest BCUT2D eigenvalue weighted by molar-refractivity contribution is 6.06. The second-order valence-electron chi connectivity index (χ2n) is 9.14. The third-order valence-electron chi connectivity index (χ3n) is 6.68. The van der Waals surface area contributed by atoms with Crippen molar-refractivity contribution in [2.45, 2.75) is 20.0 Å². The zero-order valence-electron chi connectivity index (χ0n) is 21.6. The molecule has 2 aromatic heterocycles. The van der Waals surface area contributed by atoms with Crippen LogP contribution in [0.25, 0.3) is 21.9 Å². The summed E-state index contributed by atoms with van der Waals surface area (Å²) in [5, 5.41) is 3.56. The van der Waals surface area contributed by atoms with Crippen LogP contribution < -0.4 is 26.0 Å². The van der Waals surface area contributed by atoms with Crippen molar-refractivity contribution in [3.63, 3.8) is 0 Å². The van der Waals surface area contributed by atoms with Crippen molar-refractivity contribution in [3.05, 3.63) is 98.7 Å². The Morgan fingerprint density at radius 1 is 0.895 bits per heavy atom. The van der Waals surface area contributed by atoms with E-state index in [-0.39, 0.29) is 13.1 Å². The second kappa shape index (κ2) is 9.93. The minimum absolute atomic E-state index is 0.0862. The third kappa shape index (κ3) is 4.32. The average molecular weight is 513 g/mol. The van der Waals surface area contributed by atoms with E-state index in [0.29, 0.717) is 28.2 Å². The maximum atomic E-state index is 13.8. The Morgan fingerprint density at radius 2 is 1.66 bits per heavy atom. The van der Waals surface area contributed by atoms with Gasteiger partial charge in [-0.3, -0.25) is 18.7 Å². The first-order chi connectivity index (χ1) is 18.3. The van der Waals surface area contributed by atoms with Crippen LogP contribution >= 0.6 is 0 Å². The molecule has 3 aromatic carbocycles. The van der Waals surface area contributed by atoms with E-state index in [1.165, 1.54) is 16.2 Å². The monoisotopic (exact) mass is 512 g/mol. The number of hydrogen-bond donors (Lipinski definition) is 1. The molecule has 0 saturated carbocycles. The summed E-state index contributed by atoms with van der Waals surface area (Å²) in [4.78, 5) is 40.9. The quantitative estimate of drug-likeness (QED) is 0.359. The fraction of sp³-hybridized carbons (Fsp3) is 0.207. The maximum Gasteiger partial charge on any atom is 0.332 e. The SMILES string of the molecule is COc1ccc(NC(=O)Cn2c(=O)n(Cc3ccccc3)c(=O)c3c2c2cc(C)ccc2n3C)c(OC)c1. The number of anilines is 1. The molecule has 0 aliphatic carbocycles. The number of aromatic nitrogens is 3. The second-order valence-corrected chi connectivity index (χ2v) is 9.14. The number of ether oxygens (including phenoxy) is 2. The number of methoxy groups -OCH3 is 2. The smallest absolute Gasteiger partial charge is 0.332 e. The molecule has 2 heterocycles. The molecule has 0 radical (unpaired) electrons. The summed E-state index contributed by atoms with van der Waals surface area (Å²) in [6.45, 7) is 1.73. The van der Waals surface area contributed by atoms with Crippen molar-refractivity contribution in [2.24, 2.45) is 7.05 Å². The molecule has 9 nitrogen and oxygen atoms in total. The summed E-state index contributed by atoms with van der Waals surface area (Å²) in [5.41, 5.74) is 2.85. The predicted octanol–water partition coefficient (Wildman–Crippen LogP) is 3.67. The van der Waals surface area contributed by atoms with Crippen LogP contribution in [0.2, 0.25) is 0 Å². The van der Waals surface area contributed by atoms with Gasteiger partial charge in [0.05, 0.1) is 37.5 Å². The minimum atomic E-state index is -0.558. The standard InChI is InChI=1S/C29H28N4O5/c1-18-10-13-23-21(14-18)26-27(31(23)2)28(35)33(16-19-8-6-5-7-9-19)29(36)32(26)17-25(34)30-22-12-11-20(37-3)15-24(22)38-4/h5-15H,16-17H2,1-4H3,(H,30,34). The highest BCUT2D eigenvalue weighted by Crippen LogP contribution is 2.30. The Morgan fingerprint density at radius 3 is 2.37 bits per heavy atom. The van der Waals surface area contributed by atoms with E-state index in [2.05, 4.69) is 5.32 Å². The molecule has 9 heteroatoms. The third-order valence-corrected chi connectivity index (χ3v) is 6.68. The molecule has 0 spiro atoms. The molecule has 5 rings (SSSR count). The molecule has 0 fully saturated rings. The van der Waals surface area contributed by atoms with Gasteiger partial charge in [0.1, 0.15) is 23.6 Å². The van der Waals surface area contributed by atoms with Crippen LogP contribution in [0.5, 0.6) is 11.5 Å². The van der Waals surface area contributed by atoms with E-state index in [4.69, 9.17) is 9.47 Å². The number of aryl methyl sites for hydroxylation is 2. The molecule has 0 aliphatic heterocycles. The highest BCUT2D eigenvalue weighted by Gasteiger charge is 2.22. The Labute approximate surface area is 218 Å². The van der Waals surface area contributed by atoms with Crippen LogP contribution in [-0.4, -0.2) is 33.8 Å². The Kier molecular flexibility index (Phi) is 6.50. The van der Waals surface area contributed by atoms with E-state index < -0.39 is 17.2 Å². The summed E-state index contributed by atoms with van der Waals surface area (Å²) < 4.78 is 15.0. The molecule has 0 atom stereocenters. The number of nitrogens with zero attached hydrogens (tertiary/aromatic N) is 3. The van der Waals surface area contributed by atoms with Crippen LogP contribution in [0.4, 0.5) is 5.69 Å². The molecule has 1 N–H and O–H groups in total. The molecule has 194 valence electrons. The number of hydrogen-bond acceptors (Lipinski definition) is 5. The first kappa shape index (κ1) is 24.9. The normalized spacial score (nSPS) is 11.2. The number of amides is 1. The maximum absolute atomic E-state index is 13.8. The Bertz CT molecular complexity index is 1800. The fourth-order valence-corrected chi connectivity index (χ4v) is 4.80. The van der Waals surface area contributed by atoms with Gasteiger partial charge in [-0.2, -0.15) is 0 Å². The molecule has 0 bridgehead atoms. The van der Waals surface area contributed by atoms with Gasteiger partial charge < -0.3 is 19.4 Å². The van der Waals surface area contributed by atoms with E-state index in [0.717, 1.165) is 22.0 Å². The van der Waals surface area contributed by atoms with Crippen LogP contribution in [0, 0.1) is 6.92 Å². The first-order valence-corrected chi connectivity index (χ1v) is 12.1. The number of benzene rings is 3. The Hall–Kier alpha value is -4.79. The van der Waals surface area contributed by atoms with Crippen LogP contribution in [0.1, 0.15) is 11.1 Å². The average Bonchev–Trinajstić information content (AvgIpc) is 3.21. The predicted molar refractivity (Wildman–Crippen MR) is 147 cm³/mol. The molecule has 0 unspecified atom stereocenters. The molecule has 0 aliphatic rings. The number of rotatable bonds is 7. The number of carbonyl (C=O) groups excluding carboxylic acids is 1. The summed E-state index contributed by atoms with van der Waals surface area (Å²) in [7, 11) is 4.84. The largest absolute Gasteiger partial charge is 0.497 e. The van der Waals surface area contributed by atoms with Gasteiger partial charge >= 0.3 is 5.69 Å². The van der Waals surface area contributed by atoms with Crippen molar-refractivity contribution in [2.75, 3.05) is 19.5 Å². The Balaban J connectivity index is 1.68. The van der Waals surface area contributed by atoms with Gasteiger partial charge in [0.25, 0.3) is 5.56 Å². The highest BCUT2D eigenvalue weighted by atomic mass is 16.5. The number of carbonyl (C=O) groups is 1. The first-order valence-electron chi connectivity index (χ1n) is 12.1. The minimum Gasteiger partial charge on any atom is -0.497 e. The van der Waals surface area contributed by atoms with Crippen molar-refractivity contribution in [1.29, 1.82) is 0 Å². The van der Waals surface area contributed by atoms with Crippen LogP contribution in [0.15, 0.2) is 76.3 Å². The summed E-state index contributed by atoms with van der Waals surface area (Å²) >= 11 is 0. The van der Waals surface area contributed by atoms with Crippen molar-refractivity contribution in [1.82, 2.24) is 13.7 Å². The lowest BCUT2D eigenvalue weighted by atomic mass is 10.1. The number of fused-ring (bicyclic) bond motifs is 3. The molecule has 1 amide bonds. The van der Waals surface area contributed by atoms with Gasteiger partial charge in [-0.25, -0.2) is 4.79 Å². The molecule has 0 saturated heterocycles. The summed E-state index contributed by atoms with van der Waals surface area (Å²) in [5.74, 6) is 0.563. The van der Waals surface area contributed by atoms with E-state index >= 15 is 0 Å². The molecular weight excluding hydrogens is 484 g/mol. The lowest BCUT2D eigenvalue weighted by Gasteiger charge is -2.15. The van der Waals surface area contributed by atoms with Gasteiger partial charge in [0.15, 0.2) is 0 Å². The number of nitrogens with one attached hydrogen (secondary N) is 1. The lowest BCUT2D eigenvalue weighted by Crippen LogP contribution is -2.42. The zero-order valence-corrected chi connectivity index (χ0v) is 21.6. The van der Waals surface area contributed by atoms with Crippen molar-refractivity contribution in [3.8, 4) is 11.5 Å². The van der Waals surface area contributed by atoms with Gasteiger partial charge in [0, 0.05) is 18.5 Å². The lowest BCUT2D eigenvalue weighted by molar-refractivity contribution is -0.116. The summed E-state index contributed by atoms with van der Waals surface area (Å²) in [6, 6.07) is 20.1. The van der Waals surface area contributed by atoms with E-state index in [1.807, 2.05) is 55.5 Å². The van der Waals surface area contributed by atoms with Gasteiger partial charge in [-0.15, -0.1) is 0 Å². The molecular formula is C29H28N4O5. The van der Waals surface area contributed by atoms with Crippen LogP contribution in [0.3, 0.4) is 0 Å². The van der Waals surface area contributed by atoms with Crippen molar-refractivity contribution >= 4 is 33.5 Å². The van der Waals surface area contributed by atoms with Gasteiger partial charge in [0.2, 0.25) is 5.91 Å². The van der Waals surface area contributed by atoms with Crippen LogP contribution in [-0.2, 0) is 24.9 Å². The molecule has 5 aromatic rings. The van der Waals surface area contributed by atoms with Gasteiger partial charge in [-0.05, 0) is 36.8 Å². The summed E-state index contributed by atoms with van der Waals surface area (Å²) in [6.07, 6.45) is 0. The topological polar surface area (TPSA) is 96.5 Å². The van der Waals surface area contributed by atoms with E-state index in [9.17, 15) is 14.4 Å². The van der Waals surface area contributed by atoms with Crippen molar-refractivity contribution < 1.29 is 14.3 Å². The zero-order chi connectivity index (χ0) is 27.0. The van der Waals surface area contributed by atoms with Gasteiger partial charge in [-0.1, -0.05) is 42.0 Å². The molecule has 38 heavy (non-hydrogen) atoms. The van der Waals surface area contributed by atoms with E-state index in [1.54, 1.807) is 36.9 Å².